The Balaban J connectivity index is 1.72. The number of carbonyl (C=O) groups is 2. The molecule has 2 aliphatic rings. The first-order valence-corrected chi connectivity index (χ1v) is 8.26. The molecular weight excluding hydrogens is 276 g/mol. The van der Waals surface area contributed by atoms with Crippen LogP contribution >= 0.6 is 0 Å². The van der Waals surface area contributed by atoms with Gasteiger partial charge in [0.1, 0.15) is 0 Å². The van der Waals surface area contributed by atoms with E-state index in [2.05, 4.69) is 12.2 Å². The average molecular weight is 300 g/mol. The smallest absolute Gasteiger partial charge is 0.251 e. The minimum absolute atomic E-state index is 0.102. The van der Waals surface area contributed by atoms with Crippen LogP contribution in [0.3, 0.4) is 0 Å². The summed E-state index contributed by atoms with van der Waals surface area (Å²) in [5, 5.41) is 3.45. The van der Waals surface area contributed by atoms with Crippen LogP contribution in [0.2, 0.25) is 0 Å². The van der Waals surface area contributed by atoms with E-state index in [9.17, 15) is 9.59 Å². The molecule has 1 saturated carbocycles. The molecule has 3 atom stereocenters. The number of anilines is 1. The quantitative estimate of drug-likeness (QED) is 0.873. The first-order valence-electron chi connectivity index (χ1n) is 8.26. The Hall–Kier alpha value is -1.68. The number of hydrogen-bond donors (Lipinski definition) is 1. The molecule has 1 aliphatic carbocycles. The molecule has 0 bridgehead atoms. The highest BCUT2D eigenvalue weighted by atomic mass is 16.2. The van der Waals surface area contributed by atoms with Crippen LogP contribution in [-0.2, 0) is 9.59 Å². The Morgan fingerprint density at radius 3 is 2.45 bits per heavy atom. The van der Waals surface area contributed by atoms with E-state index in [0.717, 1.165) is 12.0 Å². The highest BCUT2D eigenvalue weighted by Gasteiger charge is 2.41. The number of carbonyl (C=O) groups excluding carboxylic acids is 2. The molecule has 1 saturated heterocycles. The summed E-state index contributed by atoms with van der Waals surface area (Å²) in [6.45, 7) is 4.22. The number of benzene rings is 1. The molecule has 22 heavy (non-hydrogen) atoms. The molecular formula is C18H24N2O2. The van der Waals surface area contributed by atoms with Gasteiger partial charge in [0.2, 0.25) is 5.91 Å². The van der Waals surface area contributed by atoms with Gasteiger partial charge in [0.25, 0.3) is 5.91 Å². The molecule has 0 unspecified atom stereocenters. The van der Waals surface area contributed by atoms with Gasteiger partial charge in [0.15, 0.2) is 0 Å². The first kappa shape index (κ1) is 15.2. The maximum absolute atomic E-state index is 12.6. The van der Waals surface area contributed by atoms with Crippen molar-refractivity contribution in [2.24, 2.45) is 5.92 Å². The van der Waals surface area contributed by atoms with Crippen LogP contribution in [-0.4, -0.2) is 23.9 Å². The fourth-order valence-corrected chi connectivity index (χ4v) is 3.55. The topological polar surface area (TPSA) is 49.4 Å². The lowest BCUT2D eigenvalue weighted by atomic mass is 9.85. The summed E-state index contributed by atoms with van der Waals surface area (Å²) in [4.78, 5) is 26.2. The Labute approximate surface area is 131 Å². The summed E-state index contributed by atoms with van der Waals surface area (Å²) < 4.78 is 0. The lowest BCUT2D eigenvalue weighted by molar-refractivity contribution is -0.121. The lowest BCUT2D eigenvalue weighted by Gasteiger charge is -2.31. The maximum atomic E-state index is 12.6. The van der Waals surface area contributed by atoms with Crippen LogP contribution in [0.25, 0.3) is 0 Å². The average Bonchev–Trinajstić information content (AvgIpc) is 2.77. The fraction of sp³-hybridized carbons (Fsp3) is 0.556. The number of imide groups is 1. The van der Waals surface area contributed by atoms with Crippen LogP contribution in [0.5, 0.6) is 0 Å². The molecule has 2 amide bonds. The predicted molar refractivity (Wildman–Crippen MR) is 86.6 cm³/mol. The number of amides is 2. The molecule has 1 aliphatic heterocycles. The lowest BCUT2D eigenvalue weighted by Crippen LogP contribution is -2.47. The highest BCUT2D eigenvalue weighted by Crippen LogP contribution is 2.27. The summed E-state index contributed by atoms with van der Waals surface area (Å²) >= 11 is 0. The van der Waals surface area contributed by atoms with Crippen molar-refractivity contribution in [3.8, 4) is 0 Å². The van der Waals surface area contributed by atoms with Crippen LogP contribution in [0, 0.1) is 12.8 Å². The third-order valence-electron chi connectivity index (χ3n) is 4.97. The van der Waals surface area contributed by atoms with E-state index in [4.69, 9.17) is 0 Å². The van der Waals surface area contributed by atoms with E-state index in [1.165, 1.54) is 24.2 Å². The van der Waals surface area contributed by atoms with Gasteiger partial charge in [-0.1, -0.05) is 37.5 Å². The number of hydrogen-bond acceptors (Lipinski definition) is 3. The summed E-state index contributed by atoms with van der Waals surface area (Å²) in [5.74, 6) is 0.367. The van der Waals surface area contributed by atoms with Gasteiger partial charge in [-0.05, 0) is 37.8 Å². The van der Waals surface area contributed by atoms with E-state index in [1.807, 2.05) is 31.2 Å². The molecule has 0 radical (unpaired) electrons. The van der Waals surface area contributed by atoms with Crippen LogP contribution in [0.15, 0.2) is 24.3 Å². The summed E-state index contributed by atoms with van der Waals surface area (Å²) in [5.41, 5.74) is 1.80. The zero-order chi connectivity index (χ0) is 15.7. The second kappa shape index (κ2) is 6.21. The largest absolute Gasteiger partial charge is 0.302 e. The normalized spacial score (nSPS) is 29.2. The second-order valence-electron chi connectivity index (χ2n) is 6.69. The Morgan fingerprint density at radius 1 is 1.09 bits per heavy atom. The first-order chi connectivity index (χ1) is 10.6. The maximum Gasteiger partial charge on any atom is 0.251 e. The molecule has 1 heterocycles. The van der Waals surface area contributed by atoms with Crippen molar-refractivity contribution >= 4 is 17.5 Å². The monoisotopic (exact) mass is 300 g/mol. The van der Waals surface area contributed by atoms with E-state index >= 15 is 0 Å². The number of nitrogens with zero attached hydrogens (tertiary/aromatic N) is 1. The van der Waals surface area contributed by atoms with Gasteiger partial charge < -0.3 is 5.32 Å². The van der Waals surface area contributed by atoms with E-state index in [-0.39, 0.29) is 24.3 Å². The van der Waals surface area contributed by atoms with Gasteiger partial charge in [-0.2, -0.15) is 0 Å². The van der Waals surface area contributed by atoms with Crippen molar-refractivity contribution in [3.05, 3.63) is 29.8 Å². The van der Waals surface area contributed by atoms with Gasteiger partial charge in [0, 0.05) is 6.04 Å². The van der Waals surface area contributed by atoms with Crippen molar-refractivity contribution < 1.29 is 9.59 Å². The minimum Gasteiger partial charge on any atom is -0.302 e. The SMILES string of the molecule is Cc1ccc(N2C(=O)C[C@@H](N[C@H]3CCCC[C@@H]3C)C2=O)cc1. The number of nitrogens with one attached hydrogen (secondary N) is 1. The van der Waals surface area contributed by atoms with Crippen molar-refractivity contribution in [1.29, 1.82) is 0 Å². The number of aryl methyl sites for hydroxylation is 1. The molecule has 0 aromatic heterocycles. The Kier molecular flexibility index (Phi) is 4.30. The second-order valence-corrected chi connectivity index (χ2v) is 6.69. The predicted octanol–water partition coefficient (Wildman–Crippen LogP) is 2.80. The van der Waals surface area contributed by atoms with E-state index in [0.29, 0.717) is 17.6 Å². The zero-order valence-corrected chi connectivity index (χ0v) is 13.3. The van der Waals surface area contributed by atoms with E-state index in [1.54, 1.807) is 0 Å². The Bertz CT molecular complexity index is 567. The molecule has 1 aromatic carbocycles. The molecule has 0 spiro atoms. The van der Waals surface area contributed by atoms with Crippen molar-refractivity contribution in [2.45, 2.75) is 58.0 Å². The van der Waals surface area contributed by atoms with Gasteiger partial charge in [-0.25, -0.2) is 4.90 Å². The summed E-state index contributed by atoms with van der Waals surface area (Å²) in [6.07, 6.45) is 5.05. The van der Waals surface area contributed by atoms with Gasteiger partial charge in [-0.15, -0.1) is 0 Å². The molecule has 2 fully saturated rings. The van der Waals surface area contributed by atoms with Crippen LogP contribution in [0.1, 0.15) is 44.6 Å². The standard InChI is InChI=1S/C18H24N2O2/c1-12-7-9-14(10-8-12)20-17(21)11-16(18(20)22)19-15-6-4-3-5-13(15)2/h7-10,13,15-16,19H,3-6,11H2,1-2H3/t13-,15-,16+/m0/s1. The highest BCUT2D eigenvalue weighted by molar-refractivity contribution is 6.22. The molecule has 4 nitrogen and oxygen atoms in total. The van der Waals surface area contributed by atoms with Crippen LogP contribution in [0.4, 0.5) is 5.69 Å². The third kappa shape index (κ3) is 2.93. The molecule has 118 valence electrons. The fourth-order valence-electron chi connectivity index (χ4n) is 3.55. The Morgan fingerprint density at radius 2 is 1.77 bits per heavy atom. The molecule has 3 rings (SSSR count). The zero-order valence-electron chi connectivity index (χ0n) is 13.3. The van der Waals surface area contributed by atoms with Gasteiger partial charge in [0.05, 0.1) is 18.2 Å². The third-order valence-corrected chi connectivity index (χ3v) is 4.97. The van der Waals surface area contributed by atoms with Gasteiger partial charge in [-0.3, -0.25) is 9.59 Å². The van der Waals surface area contributed by atoms with E-state index < -0.39 is 0 Å². The molecule has 1 N–H and O–H groups in total. The van der Waals surface area contributed by atoms with Crippen LogP contribution < -0.4 is 10.2 Å². The van der Waals surface area contributed by atoms with Crippen molar-refractivity contribution in [1.82, 2.24) is 5.32 Å². The van der Waals surface area contributed by atoms with Crippen molar-refractivity contribution in [3.63, 3.8) is 0 Å². The van der Waals surface area contributed by atoms with Gasteiger partial charge >= 0.3 is 0 Å². The number of rotatable bonds is 3. The summed E-state index contributed by atoms with van der Waals surface area (Å²) in [7, 11) is 0. The minimum atomic E-state index is -0.362. The summed E-state index contributed by atoms with van der Waals surface area (Å²) in [6, 6.07) is 7.54. The molecule has 1 aromatic rings. The van der Waals surface area contributed by atoms with Crippen molar-refractivity contribution in [2.75, 3.05) is 4.90 Å². The molecule has 4 heteroatoms.